The second-order valence-electron chi connectivity index (χ2n) is 4.40. The van der Waals surface area contributed by atoms with Gasteiger partial charge in [0.15, 0.2) is 0 Å². The Kier molecular flexibility index (Phi) is 3.54. The van der Waals surface area contributed by atoms with Crippen LogP contribution in [0.25, 0.3) is 11.5 Å². The Morgan fingerprint density at radius 3 is 3.00 bits per heavy atom. The van der Waals surface area contributed by atoms with Crippen LogP contribution in [0.4, 0.5) is 0 Å². The lowest BCUT2D eigenvalue weighted by atomic mass is 10.1. The molecule has 0 N–H and O–H groups in total. The molecule has 1 aliphatic heterocycles. The van der Waals surface area contributed by atoms with Gasteiger partial charge in [-0.25, -0.2) is 0 Å². The average Bonchev–Trinajstić information content (AvgIpc) is 3.01. The monoisotopic (exact) mass is 305 g/mol. The third kappa shape index (κ3) is 2.59. The minimum atomic E-state index is -0.0182. The molecule has 2 aromatic rings. The molecule has 7 heteroatoms. The number of nitrogens with zero attached hydrogens (tertiary/aromatic N) is 3. The molecular formula is C13H11N3O2S2. The Hall–Kier alpha value is -1.73. The van der Waals surface area contributed by atoms with Crippen LogP contribution in [0.5, 0.6) is 0 Å². The molecule has 0 bridgehead atoms. The molecule has 0 spiro atoms. The molecule has 2 heterocycles. The number of thioether (sulfide) groups is 1. The van der Waals surface area contributed by atoms with Crippen LogP contribution in [0.2, 0.25) is 0 Å². The summed E-state index contributed by atoms with van der Waals surface area (Å²) in [6.07, 6.45) is 0. The highest BCUT2D eigenvalue weighted by Crippen LogP contribution is 2.23. The van der Waals surface area contributed by atoms with Crippen molar-refractivity contribution in [2.24, 2.45) is 0 Å². The lowest BCUT2D eigenvalue weighted by Gasteiger charge is -2.11. The fourth-order valence-electron chi connectivity index (χ4n) is 1.88. The van der Waals surface area contributed by atoms with E-state index in [1.807, 2.05) is 31.2 Å². The van der Waals surface area contributed by atoms with Crippen molar-refractivity contribution >= 4 is 34.2 Å². The Balaban J connectivity index is 1.80. The maximum atomic E-state index is 11.6. The van der Waals surface area contributed by atoms with E-state index in [9.17, 15) is 4.79 Å². The van der Waals surface area contributed by atoms with Gasteiger partial charge in [-0.05, 0) is 19.1 Å². The summed E-state index contributed by atoms with van der Waals surface area (Å²) in [6, 6.07) is 7.81. The molecule has 20 heavy (non-hydrogen) atoms. The number of hydrogen-bond donors (Lipinski definition) is 0. The smallest absolute Gasteiger partial charge is 0.247 e. The Labute approximate surface area is 125 Å². The first kappa shape index (κ1) is 13.3. The van der Waals surface area contributed by atoms with E-state index in [4.69, 9.17) is 16.6 Å². The lowest BCUT2D eigenvalue weighted by Crippen LogP contribution is -2.27. The highest BCUT2D eigenvalue weighted by Gasteiger charge is 2.28. The van der Waals surface area contributed by atoms with Crippen LogP contribution in [-0.4, -0.2) is 31.1 Å². The normalized spacial score (nSPS) is 15.2. The highest BCUT2D eigenvalue weighted by atomic mass is 32.2. The maximum absolute atomic E-state index is 11.6. The van der Waals surface area contributed by atoms with E-state index in [0.29, 0.717) is 21.9 Å². The molecule has 0 unspecified atom stereocenters. The molecule has 0 aliphatic carbocycles. The molecule has 0 saturated carbocycles. The molecule has 0 atom stereocenters. The van der Waals surface area contributed by atoms with E-state index in [1.165, 1.54) is 16.7 Å². The number of benzene rings is 1. The first-order valence-electron chi connectivity index (χ1n) is 6.00. The van der Waals surface area contributed by atoms with Crippen LogP contribution in [0.3, 0.4) is 0 Å². The van der Waals surface area contributed by atoms with Crippen molar-refractivity contribution < 1.29 is 9.21 Å². The molecule has 3 rings (SSSR count). The molecule has 0 radical (unpaired) electrons. The molecule has 5 nitrogen and oxygen atoms in total. The summed E-state index contributed by atoms with van der Waals surface area (Å²) >= 11 is 6.47. The summed E-state index contributed by atoms with van der Waals surface area (Å²) in [5.74, 6) is 1.21. The average molecular weight is 305 g/mol. The van der Waals surface area contributed by atoms with Gasteiger partial charge in [-0.2, -0.15) is 0 Å². The van der Waals surface area contributed by atoms with E-state index in [0.717, 1.165) is 11.1 Å². The molecule has 1 fully saturated rings. The molecular weight excluding hydrogens is 294 g/mol. The SMILES string of the molecule is Cc1cccc(-c2nnc(CN3C(=O)CSC3=S)o2)c1. The zero-order valence-corrected chi connectivity index (χ0v) is 12.3. The standard InChI is InChI=1S/C13H11N3O2S2/c1-8-3-2-4-9(5-8)12-15-14-10(18-12)6-16-11(17)7-20-13(16)19/h2-5H,6-7H2,1H3. The van der Waals surface area contributed by atoms with E-state index < -0.39 is 0 Å². The van der Waals surface area contributed by atoms with Crippen molar-refractivity contribution in [3.05, 3.63) is 35.7 Å². The summed E-state index contributed by atoms with van der Waals surface area (Å²) < 4.78 is 6.16. The summed E-state index contributed by atoms with van der Waals surface area (Å²) in [4.78, 5) is 13.1. The molecule has 1 amide bonds. The second-order valence-corrected chi connectivity index (χ2v) is 6.01. The fourth-order valence-corrected chi connectivity index (χ4v) is 2.95. The predicted octanol–water partition coefficient (Wildman–Crippen LogP) is 2.41. The molecule has 102 valence electrons. The van der Waals surface area contributed by atoms with E-state index in [2.05, 4.69) is 10.2 Å². The summed E-state index contributed by atoms with van der Waals surface area (Å²) in [6.45, 7) is 2.24. The Morgan fingerprint density at radius 1 is 1.45 bits per heavy atom. The van der Waals surface area contributed by atoms with E-state index in [1.54, 1.807) is 0 Å². The third-order valence-electron chi connectivity index (χ3n) is 2.87. The number of amides is 1. The van der Waals surface area contributed by atoms with Crippen LogP contribution in [0.15, 0.2) is 28.7 Å². The number of thiocarbonyl (C=S) groups is 1. The van der Waals surface area contributed by atoms with Gasteiger partial charge in [0.05, 0.1) is 5.75 Å². The van der Waals surface area contributed by atoms with E-state index >= 15 is 0 Å². The maximum Gasteiger partial charge on any atom is 0.247 e. The number of hydrogen-bond acceptors (Lipinski definition) is 6. The van der Waals surface area contributed by atoms with Crippen molar-refractivity contribution in [2.45, 2.75) is 13.5 Å². The first-order valence-corrected chi connectivity index (χ1v) is 7.39. The summed E-state index contributed by atoms with van der Waals surface area (Å²) in [5.41, 5.74) is 1.99. The van der Waals surface area contributed by atoms with Crippen LogP contribution < -0.4 is 0 Å². The quantitative estimate of drug-likeness (QED) is 0.812. The summed E-state index contributed by atoms with van der Waals surface area (Å²) in [7, 11) is 0. The van der Waals surface area contributed by atoms with Gasteiger partial charge in [-0.15, -0.1) is 10.2 Å². The predicted molar refractivity (Wildman–Crippen MR) is 80.1 cm³/mol. The fraction of sp³-hybridized carbons (Fsp3) is 0.231. The van der Waals surface area contributed by atoms with Crippen molar-refractivity contribution in [3.8, 4) is 11.5 Å². The lowest BCUT2D eigenvalue weighted by molar-refractivity contribution is -0.124. The van der Waals surface area contributed by atoms with Gasteiger partial charge >= 0.3 is 0 Å². The van der Waals surface area contributed by atoms with Crippen LogP contribution in [-0.2, 0) is 11.3 Å². The number of rotatable bonds is 3. The van der Waals surface area contributed by atoms with Gasteiger partial charge in [0.2, 0.25) is 17.7 Å². The topological polar surface area (TPSA) is 59.2 Å². The van der Waals surface area contributed by atoms with Crippen LogP contribution in [0.1, 0.15) is 11.5 Å². The highest BCUT2D eigenvalue weighted by molar-refractivity contribution is 8.23. The van der Waals surface area contributed by atoms with Crippen LogP contribution in [0, 0.1) is 6.92 Å². The Morgan fingerprint density at radius 2 is 2.30 bits per heavy atom. The first-order chi connectivity index (χ1) is 9.63. The molecule has 1 aromatic carbocycles. The zero-order valence-electron chi connectivity index (χ0n) is 10.7. The largest absolute Gasteiger partial charge is 0.419 e. The number of aromatic nitrogens is 2. The Bertz CT molecular complexity index is 668. The second kappa shape index (κ2) is 5.34. The van der Waals surface area contributed by atoms with Crippen molar-refractivity contribution in [3.63, 3.8) is 0 Å². The van der Waals surface area contributed by atoms with Crippen molar-refractivity contribution in [2.75, 3.05) is 5.75 Å². The number of carbonyl (C=O) groups excluding carboxylic acids is 1. The van der Waals surface area contributed by atoms with Gasteiger partial charge in [-0.3, -0.25) is 9.69 Å². The van der Waals surface area contributed by atoms with Crippen molar-refractivity contribution in [1.29, 1.82) is 0 Å². The number of carbonyl (C=O) groups is 1. The van der Waals surface area contributed by atoms with Crippen LogP contribution >= 0.6 is 24.0 Å². The summed E-state index contributed by atoms with van der Waals surface area (Å²) in [5, 5.41) is 7.99. The van der Waals surface area contributed by atoms with E-state index in [-0.39, 0.29) is 12.5 Å². The molecule has 1 aliphatic rings. The third-order valence-corrected chi connectivity index (χ3v) is 4.30. The van der Waals surface area contributed by atoms with Crippen molar-refractivity contribution in [1.82, 2.24) is 15.1 Å². The zero-order chi connectivity index (χ0) is 14.1. The van der Waals surface area contributed by atoms with Gasteiger partial charge in [0, 0.05) is 5.56 Å². The van der Waals surface area contributed by atoms with Gasteiger partial charge in [-0.1, -0.05) is 41.7 Å². The molecule has 1 saturated heterocycles. The van der Waals surface area contributed by atoms with Gasteiger partial charge < -0.3 is 4.42 Å². The minimum absolute atomic E-state index is 0.0182. The van der Waals surface area contributed by atoms with Gasteiger partial charge in [0.1, 0.15) is 10.9 Å². The number of aryl methyl sites for hydroxylation is 1. The van der Waals surface area contributed by atoms with Gasteiger partial charge in [0.25, 0.3) is 0 Å². The molecule has 1 aromatic heterocycles. The minimum Gasteiger partial charge on any atom is -0.419 e.